The van der Waals surface area contributed by atoms with Gasteiger partial charge in [-0.1, -0.05) is 122 Å². The predicted molar refractivity (Wildman–Crippen MR) is 239 cm³/mol. The lowest BCUT2D eigenvalue weighted by atomic mass is 9.93. The minimum Gasteiger partial charge on any atom is -0.346 e. The molecule has 1 unspecified atom stereocenters. The molecule has 1 atom stereocenters. The van der Waals surface area contributed by atoms with Crippen molar-refractivity contribution in [2.24, 2.45) is 4.99 Å². The fraction of sp³-hybridized carbons (Fsp3) is 0.0784. The van der Waals surface area contributed by atoms with E-state index in [-0.39, 0.29) is 6.29 Å². The number of thiophene rings is 1. The Hall–Kier alpha value is -6.69. The largest absolute Gasteiger partial charge is 0.346 e. The van der Waals surface area contributed by atoms with Crippen LogP contribution >= 0.6 is 11.3 Å². The monoisotopic (exact) mass is 738 g/mol. The van der Waals surface area contributed by atoms with E-state index < -0.39 is 0 Å². The number of aliphatic imine (C=N–C) groups is 1. The van der Waals surface area contributed by atoms with Crippen LogP contribution in [0.15, 0.2) is 193 Å². The molecular weight excluding hydrogens is 701 g/mol. The number of anilines is 2. The van der Waals surface area contributed by atoms with Gasteiger partial charge in [0, 0.05) is 59.3 Å². The number of rotatable bonds is 4. The summed E-state index contributed by atoms with van der Waals surface area (Å²) in [5.41, 5.74) is 13.7. The lowest BCUT2D eigenvalue weighted by molar-refractivity contribution is 0.738. The SMILES string of the molecule is C=C1/C=C\C(c2ccc3c(c2)c2c4sc5ccccc5c4ccc2n3-c2ccccc2)=C/Cc2ccccc2N1C1N=C(C2=CC=CCC2)c2ccccc2N1. The van der Waals surface area contributed by atoms with Gasteiger partial charge in [-0.05, 0) is 96.1 Å². The Bertz CT molecular complexity index is 3060. The van der Waals surface area contributed by atoms with E-state index in [0.717, 1.165) is 53.3 Å². The third-order valence-corrected chi connectivity index (χ3v) is 12.7. The smallest absolute Gasteiger partial charge is 0.201 e. The van der Waals surface area contributed by atoms with Crippen LogP contribution in [-0.2, 0) is 6.42 Å². The first-order chi connectivity index (χ1) is 27.7. The second kappa shape index (κ2) is 13.3. The molecule has 2 aliphatic heterocycles. The summed E-state index contributed by atoms with van der Waals surface area (Å²) in [6, 6.07) is 48.4. The molecule has 0 fully saturated rings. The van der Waals surface area contributed by atoms with Gasteiger partial charge in [-0.2, -0.15) is 0 Å². The molecular formula is C51H38N4S. The molecule has 4 nitrogen and oxygen atoms in total. The van der Waals surface area contributed by atoms with Crippen molar-refractivity contribution in [3.8, 4) is 5.69 Å². The molecule has 8 aromatic rings. The van der Waals surface area contributed by atoms with Crippen molar-refractivity contribution >= 4 is 76.0 Å². The Balaban J connectivity index is 1.05. The van der Waals surface area contributed by atoms with Crippen LogP contribution in [0, 0.1) is 0 Å². The number of hydrogen-bond acceptors (Lipinski definition) is 4. The molecule has 0 radical (unpaired) electrons. The maximum absolute atomic E-state index is 5.45. The molecule has 6 aromatic carbocycles. The fourth-order valence-electron chi connectivity index (χ4n) is 8.81. The summed E-state index contributed by atoms with van der Waals surface area (Å²) >= 11 is 1.89. The number of fused-ring (bicyclic) bond motifs is 9. The zero-order valence-electron chi connectivity index (χ0n) is 30.8. The van der Waals surface area contributed by atoms with Crippen LogP contribution in [0.4, 0.5) is 11.4 Å². The molecule has 0 spiro atoms. The van der Waals surface area contributed by atoms with Crippen molar-refractivity contribution in [3.63, 3.8) is 0 Å². The highest BCUT2D eigenvalue weighted by atomic mass is 32.1. The van der Waals surface area contributed by atoms with E-state index in [1.807, 2.05) is 11.3 Å². The molecule has 56 heavy (non-hydrogen) atoms. The van der Waals surface area contributed by atoms with Crippen LogP contribution < -0.4 is 10.2 Å². The van der Waals surface area contributed by atoms with E-state index in [1.165, 1.54) is 64.3 Å². The molecule has 1 N–H and O–H groups in total. The zero-order chi connectivity index (χ0) is 37.2. The quantitative estimate of drug-likeness (QED) is 0.195. The van der Waals surface area contributed by atoms with E-state index >= 15 is 0 Å². The minimum absolute atomic E-state index is 0.365. The Labute approximate surface area is 330 Å². The van der Waals surface area contributed by atoms with Crippen molar-refractivity contribution in [3.05, 3.63) is 204 Å². The number of hydrogen-bond donors (Lipinski definition) is 1. The summed E-state index contributed by atoms with van der Waals surface area (Å²) in [5, 5.41) is 8.96. The highest BCUT2D eigenvalue weighted by Crippen LogP contribution is 2.44. The highest BCUT2D eigenvalue weighted by Gasteiger charge is 2.29. The Kier molecular flexibility index (Phi) is 7.75. The van der Waals surface area contributed by atoms with Crippen LogP contribution in [-0.4, -0.2) is 16.6 Å². The van der Waals surface area contributed by atoms with Crippen molar-refractivity contribution < 1.29 is 0 Å². The minimum atomic E-state index is -0.365. The molecule has 3 aliphatic rings. The molecule has 2 aromatic heterocycles. The van der Waals surface area contributed by atoms with Crippen molar-refractivity contribution in [2.75, 3.05) is 10.2 Å². The molecule has 11 rings (SSSR count). The van der Waals surface area contributed by atoms with Gasteiger partial charge in [-0.15, -0.1) is 11.3 Å². The molecule has 1 aliphatic carbocycles. The number of aromatic nitrogens is 1. The average Bonchev–Trinajstić information content (AvgIpc) is 3.81. The second-order valence-corrected chi connectivity index (χ2v) is 15.8. The van der Waals surface area contributed by atoms with Crippen molar-refractivity contribution in [1.29, 1.82) is 0 Å². The zero-order valence-corrected chi connectivity index (χ0v) is 31.6. The van der Waals surface area contributed by atoms with Gasteiger partial charge in [-0.3, -0.25) is 0 Å². The second-order valence-electron chi connectivity index (χ2n) is 14.7. The summed E-state index contributed by atoms with van der Waals surface area (Å²) in [6.45, 7) is 4.69. The van der Waals surface area contributed by atoms with Gasteiger partial charge >= 0.3 is 0 Å². The first-order valence-corrected chi connectivity index (χ1v) is 20.2. The maximum Gasteiger partial charge on any atom is 0.201 e. The van der Waals surface area contributed by atoms with E-state index in [1.54, 1.807) is 0 Å². The third kappa shape index (κ3) is 5.30. The highest BCUT2D eigenvalue weighted by molar-refractivity contribution is 7.26. The van der Waals surface area contributed by atoms with Gasteiger partial charge in [0.15, 0.2) is 0 Å². The van der Waals surface area contributed by atoms with Crippen LogP contribution in [0.5, 0.6) is 0 Å². The number of allylic oxidation sites excluding steroid dienone is 8. The normalized spacial score (nSPS) is 18.4. The van der Waals surface area contributed by atoms with Gasteiger partial charge in [-0.25, -0.2) is 4.99 Å². The van der Waals surface area contributed by atoms with Gasteiger partial charge in [0.1, 0.15) is 0 Å². The molecule has 0 saturated heterocycles. The number of nitrogens with zero attached hydrogens (tertiary/aromatic N) is 3. The van der Waals surface area contributed by atoms with Gasteiger partial charge in [0.2, 0.25) is 6.29 Å². The summed E-state index contributed by atoms with van der Waals surface area (Å²) in [6.07, 6.45) is 15.8. The van der Waals surface area contributed by atoms with E-state index in [4.69, 9.17) is 11.6 Å². The molecule has 0 amide bonds. The molecule has 5 heteroatoms. The first-order valence-electron chi connectivity index (χ1n) is 19.4. The number of para-hydroxylation sites is 3. The third-order valence-electron chi connectivity index (χ3n) is 11.5. The van der Waals surface area contributed by atoms with E-state index in [0.29, 0.717) is 0 Å². The Morgan fingerprint density at radius 2 is 1.57 bits per heavy atom. The van der Waals surface area contributed by atoms with Gasteiger partial charge in [0.25, 0.3) is 0 Å². The van der Waals surface area contributed by atoms with Crippen LogP contribution in [0.1, 0.15) is 29.5 Å². The summed E-state index contributed by atoms with van der Waals surface area (Å²) in [4.78, 5) is 7.72. The van der Waals surface area contributed by atoms with Gasteiger partial charge in [0.05, 0.1) is 16.7 Å². The van der Waals surface area contributed by atoms with Crippen LogP contribution in [0.3, 0.4) is 0 Å². The molecule has 0 saturated carbocycles. The molecule has 4 heterocycles. The van der Waals surface area contributed by atoms with E-state index in [9.17, 15) is 0 Å². The lowest BCUT2D eigenvalue weighted by Gasteiger charge is -2.37. The lowest BCUT2D eigenvalue weighted by Crippen LogP contribution is -2.42. The fourth-order valence-corrected chi connectivity index (χ4v) is 10.1. The number of nitrogens with one attached hydrogen (secondary N) is 1. The predicted octanol–water partition coefficient (Wildman–Crippen LogP) is 13.1. The van der Waals surface area contributed by atoms with Crippen molar-refractivity contribution in [1.82, 2.24) is 4.57 Å². The maximum atomic E-state index is 5.45. The molecule has 268 valence electrons. The standard InChI is InChI=1S/C51H38N4S/c1-33-24-25-34(26-27-35-14-8-12-22-44(35)54(33)51-52-43-21-11-9-20-41(43)49(53-51)36-15-4-2-5-16-36)37-28-30-45-42(32-37)48-46(55(45)38-17-6-3-7-18-38)31-29-40-39-19-10-13-23-47(39)56-50(40)48/h2-4,6-15,17-26,28-32,51-52H,1,5,16,27H2/b25-24-,34-26+. The Morgan fingerprint density at radius 1 is 0.750 bits per heavy atom. The first kappa shape index (κ1) is 32.7. The van der Waals surface area contributed by atoms with Crippen LogP contribution in [0.2, 0.25) is 0 Å². The average molecular weight is 739 g/mol. The van der Waals surface area contributed by atoms with E-state index in [2.05, 4.69) is 185 Å². The molecule has 0 bridgehead atoms. The number of benzene rings is 6. The van der Waals surface area contributed by atoms with Crippen LogP contribution in [0.25, 0.3) is 53.2 Å². The topological polar surface area (TPSA) is 32.6 Å². The summed E-state index contributed by atoms with van der Waals surface area (Å²) in [7, 11) is 0. The van der Waals surface area contributed by atoms with Gasteiger partial charge < -0.3 is 14.8 Å². The summed E-state index contributed by atoms with van der Waals surface area (Å²) < 4.78 is 5.07. The summed E-state index contributed by atoms with van der Waals surface area (Å²) in [5.74, 6) is 0. The Morgan fingerprint density at radius 3 is 2.48 bits per heavy atom. The van der Waals surface area contributed by atoms with Crippen molar-refractivity contribution in [2.45, 2.75) is 25.6 Å².